The normalized spacial score (nSPS) is 10.5. The zero-order chi connectivity index (χ0) is 12.1. The molecule has 0 aromatic carbocycles. The molecule has 1 amide bonds. The SMILES string of the molecule is CCCC(=O)N(C)Cc1c(Br)cnn1CC. The van der Waals surface area contributed by atoms with Crippen LogP contribution in [0.25, 0.3) is 0 Å². The summed E-state index contributed by atoms with van der Waals surface area (Å²) in [6, 6.07) is 0. The van der Waals surface area contributed by atoms with Crippen molar-refractivity contribution in [1.82, 2.24) is 14.7 Å². The molecule has 0 fully saturated rings. The van der Waals surface area contributed by atoms with Crippen LogP contribution in [0.2, 0.25) is 0 Å². The van der Waals surface area contributed by atoms with Crippen molar-refractivity contribution in [2.75, 3.05) is 7.05 Å². The van der Waals surface area contributed by atoms with Gasteiger partial charge in [-0.3, -0.25) is 9.48 Å². The second-order valence-electron chi connectivity index (χ2n) is 3.75. The average molecular weight is 288 g/mol. The Kier molecular flexibility index (Phi) is 4.99. The van der Waals surface area contributed by atoms with Crippen molar-refractivity contribution in [3.8, 4) is 0 Å². The third kappa shape index (κ3) is 3.07. The summed E-state index contributed by atoms with van der Waals surface area (Å²) in [5.74, 6) is 0.179. The third-order valence-electron chi connectivity index (χ3n) is 2.47. The molecule has 0 radical (unpaired) electrons. The Morgan fingerprint density at radius 2 is 2.25 bits per heavy atom. The monoisotopic (exact) mass is 287 g/mol. The van der Waals surface area contributed by atoms with Gasteiger partial charge < -0.3 is 4.90 Å². The van der Waals surface area contributed by atoms with Crippen LogP contribution in [0.15, 0.2) is 10.7 Å². The van der Waals surface area contributed by atoms with Crippen molar-refractivity contribution in [3.05, 3.63) is 16.4 Å². The Morgan fingerprint density at radius 3 is 2.81 bits per heavy atom. The summed E-state index contributed by atoms with van der Waals surface area (Å²) in [5, 5.41) is 4.22. The van der Waals surface area contributed by atoms with Crippen LogP contribution in [0, 0.1) is 0 Å². The van der Waals surface area contributed by atoms with Crippen LogP contribution < -0.4 is 0 Å². The molecule has 16 heavy (non-hydrogen) atoms. The number of aromatic nitrogens is 2. The van der Waals surface area contributed by atoms with Gasteiger partial charge in [0.2, 0.25) is 5.91 Å². The van der Waals surface area contributed by atoms with Crippen LogP contribution in [-0.4, -0.2) is 27.6 Å². The first-order chi connectivity index (χ1) is 7.60. The fourth-order valence-corrected chi connectivity index (χ4v) is 1.96. The summed E-state index contributed by atoms with van der Waals surface area (Å²) in [6.45, 7) is 5.47. The maximum Gasteiger partial charge on any atom is 0.222 e. The van der Waals surface area contributed by atoms with E-state index in [1.807, 2.05) is 25.6 Å². The van der Waals surface area contributed by atoms with E-state index >= 15 is 0 Å². The maximum absolute atomic E-state index is 11.7. The van der Waals surface area contributed by atoms with E-state index in [-0.39, 0.29) is 5.91 Å². The second-order valence-corrected chi connectivity index (χ2v) is 4.61. The van der Waals surface area contributed by atoms with Gasteiger partial charge in [0.1, 0.15) is 0 Å². The first-order valence-corrected chi connectivity index (χ1v) is 6.33. The van der Waals surface area contributed by atoms with Gasteiger partial charge in [-0.2, -0.15) is 5.10 Å². The molecule has 90 valence electrons. The van der Waals surface area contributed by atoms with Gasteiger partial charge in [0, 0.05) is 20.0 Å². The van der Waals surface area contributed by atoms with Crippen molar-refractivity contribution in [3.63, 3.8) is 0 Å². The van der Waals surface area contributed by atoms with E-state index in [2.05, 4.69) is 21.0 Å². The Hall–Kier alpha value is -0.840. The van der Waals surface area contributed by atoms with Crippen molar-refractivity contribution >= 4 is 21.8 Å². The summed E-state index contributed by atoms with van der Waals surface area (Å²) in [5.41, 5.74) is 1.05. The zero-order valence-electron chi connectivity index (χ0n) is 10.0. The van der Waals surface area contributed by atoms with E-state index in [0.29, 0.717) is 13.0 Å². The molecule has 0 spiro atoms. The second kappa shape index (κ2) is 6.03. The molecule has 4 nitrogen and oxygen atoms in total. The molecule has 0 aliphatic rings. The molecule has 0 unspecified atom stereocenters. The highest BCUT2D eigenvalue weighted by molar-refractivity contribution is 9.10. The summed E-state index contributed by atoms with van der Waals surface area (Å²) in [7, 11) is 1.83. The number of rotatable bonds is 5. The Balaban J connectivity index is 2.72. The zero-order valence-corrected chi connectivity index (χ0v) is 11.6. The van der Waals surface area contributed by atoms with E-state index in [1.54, 1.807) is 11.1 Å². The molecule has 0 bridgehead atoms. The number of hydrogen-bond acceptors (Lipinski definition) is 2. The molecule has 1 aromatic heterocycles. The lowest BCUT2D eigenvalue weighted by atomic mass is 10.3. The molecule has 1 rings (SSSR count). The molecular formula is C11H18BrN3O. The van der Waals surface area contributed by atoms with Crippen molar-refractivity contribution in [2.24, 2.45) is 0 Å². The lowest BCUT2D eigenvalue weighted by Gasteiger charge is -2.17. The molecule has 0 atom stereocenters. The molecule has 0 saturated carbocycles. The smallest absolute Gasteiger partial charge is 0.222 e. The predicted molar refractivity (Wildman–Crippen MR) is 67.0 cm³/mol. The van der Waals surface area contributed by atoms with Crippen LogP contribution >= 0.6 is 15.9 Å². The molecule has 1 heterocycles. The molecule has 0 N–H and O–H groups in total. The highest BCUT2D eigenvalue weighted by Gasteiger charge is 2.13. The summed E-state index contributed by atoms with van der Waals surface area (Å²) < 4.78 is 2.87. The van der Waals surface area contributed by atoms with Gasteiger partial charge in [-0.05, 0) is 29.3 Å². The van der Waals surface area contributed by atoms with E-state index in [9.17, 15) is 4.79 Å². The topological polar surface area (TPSA) is 38.1 Å². The molecule has 1 aromatic rings. The largest absolute Gasteiger partial charge is 0.340 e. The molecular weight excluding hydrogens is 270 g/mol. The standard InChI is InChI=1S/C11H18BrN3O/c1-4-6-11(16)14(3)8-10-9(12)7-13-15(10)5-2/h7H,4-6,8H2,1-3H3. The van der Waals surface area contributed by atoms with Gasteiger partial charge in [0.05, 0.1) is 22.9 Å². The number of carbonyl (C=O) groups excluding carboxylic acids is 1. The number of nitrogens with zero attached hydrogens (tertiary/aromatic N) is 3. The van der Waals surface area contributed by atoms with Crippen molar-refractivity contribution < 1.29 is 4.79 Å². The first kappa shape index (κ1) is 13.2. The van der Waals surface area contributed by atoms with Gasteiger partial charge in [-0.15, -0.1) is 0 Å². The van der Waals surface area contributed by atoms with Gasteiger partial charge in [0.25, 0.3) is 0 Å². The molecule has 5 heteroatoms. The van der Waals surface area contributed by atoms with Gasteiger partial charge >= 0.3 is 0 Å². The van der Waals surface area contributed by atoms with Crippen LogP contribution in [0.1, 0.15) is 32.4 Å². The quantitative estimate of drug-likeness (QED) is 0.834. The number of hydrogen-bond donors (Lipinski definition) is 0. The maximum atomic E-state index is 11.7. The highest BCUT2D eigenvalue weighted by atomic mass is 79.9. The number of amides is 1. The summed E-state index contributed by atoms with van der Waals surface area (Å²) in [4.78, 5) is 13.4. The average Bonchev–Trinajstić information content (AvgIpc) is 2.60. The van der Waals surface area contributed by atoms with E-state index in [1.165, 1.54) is 0 Å². The highest BCUT2D eigenvalue weighted by Crippen LogP contribution is 2.17. The van der Waals surface area contributed by atoms with Crippen LogP contribution in [0.4, 0.5) is 0 Å². The minimum absolute atomic E-state index is 0.179. The molecule has 0 aliphatic carbocycles. The fraction of sp³-hybridized carbons (Fsp3) is 0.636. The summed E-state index contributed by atoms with van der Waals surface area (Å²) in [6.07, 6.45) is 3.27. The minimum Gasteiger partial charge on any atom is -0.340 e. The predicted octanol–water partition coefficient (Wildman–Crippen LogP) is 2.42. The number of carbonyl (C=O) groups is 1. The summed E-state index contributed by atoms with van der Waals surface area (Å²) >= 11 is 3.45. The Morgan fingerprint density at radius 1 is 1.56 bits per heavy atom. The number of halogens is 1. The van der Waals surface area contributed by atoms with Crippen LogP contribution in [0.3, 0.4) is 0 Å². The van der Waals surface area contributed by atoms with E-state index in [0.717, 1.165) is 23.1 Å². The Labute approximate surface area is 105 Å². The van der Waals surface area contributed by atoms with Gasteiger partial charge in [-0.25, -0.2) is 0 Å². The fourth-order valence-electron chi connectivity index (χ4n) is 1.54. The Bertz CT molecular complexity index is 362. The van der Waals surface area contributed by atoms with Crippen molar-refractivity contribution in [2.45, 2.75) is 39.8 Å². The lowest BCUT2D eigenvalue weighted by molar-refractivity contribution is -0.130. The first-order valence-electron chi connectivity index (χ1n) is 5.54. The van der Waals surface area contributed by atoms with E-state index < -0.39 is 0 Å². The van der Waals surface area contributed by atoms with E-state index in [4.69, 9.17) is 0 Å². The van der Waals surface area contributed by atoms with Gasteiger partial charge in [-0.1, -0.05) is 6.92 Å². The lowest BCUT2D eigenvalue weighted by Crippen LogP contribution is -2.27. The molecule has 0 aliphatic heterocycles. The third-order valence-corrected chi connectivity index (χ3v) is 3.14. The molecule has 0 saturated heterocycles. The number of aryl methyl sites for hydroxylation is 1. The van der Waals surface area contributed by atoms with Crippen LogP contribution in [-0.2, 0) is 17.9 Å². The van der Waals surface area contributed by atoms with Crippen LogP contribution in [0.5, 0.6) is 0 Å². The minimum atomic E-state index is 0.179. The van der Waals surface area contributed by atoms with Crippen molar-refractivity contribution in [1.29, 1.82) is 0 Å². The van der Waals surface area contributed by atoms with Gasteiger partial charge in [0.15, 0.2) is 0 Å².